The molecule has 0 N–H and O–H groups in total. The van der Waals surface area contributed by atoms with Crippen LogP contribution in [0, 0.1) is 0 Å². The number of benzene rings is 9. The summed E-state index contributed by atoms with van der Waals surface area (Å²) < 4.78 is 0. The number of fused-ring (bicyclic) bond motifs is 2. The minimum atomic E-state index is 1.23. The van der Waals surface area contributed by atoms with Gasteiger partial charge < -0.3 is 0 Å². The molecule has 0 aliphatic heterocycles. The van der Waals surface area contributed by atoms with Gasteiger partial charge in [0.2, 0.25) is 0 Å². The lowest BCUT2D eigenvalue weighted by Gasteiger charge is -2.21. The smallest absolute Gasteiger partial charge is 0.00199 e. The molecule has 0 unspecified atom stereocenters. The lowest BCUT2D eigenvalue weighted by molar-refractivity contribution is 1.61. The van der Waals surface area contributed by atoms with Crippen molar-refractivity contribution in [1.82, 2.24) is 0 Å². The van der Waals surface area contributed by atoms with Crippen LogP contribution in [0.5, 0.6) is 0 Å². The predicted octanol–water partition coefficient (Wildman–Crippen LogP) is 11.9. The quantitative estimate of drug-likeness (QED) is 0.157. The molecule has 0 amide bonds. The minimum Gasteiger partial charge on any atom is -0.0622 e. The fourth-order valence-corrected chi connectivity index (χ4v) is 7.25. The first-order valence-corrected chi connectivity index (χ1v) is 14.6. The van der Waals surface area contributed by atoms with Gasteiger partial charge in [-0.05, 0) is 93.3 Å². The summed E-state index contributed by atoms with van der Waals surface area (Å²) in [5.41, 5.74) is 7.64. The van der Waals surface area contributed by atoms with Crippen LogP contribution < -0.4 is 0 Å². The molecule has 0 nitrogen and oxygen atoms in total. The van der Waals surface area contributed by atoms with E-state index in [0.29, 0.717) is 0 Å². The maximum Gasteiger partial charge on any atom is -0.00199 e. The Kier molecular flexibility index (Phi) is 5.00. The van der Waals surface area contributed by atoms with Crippen LogP contribution >= 0.6 is 0 Å². The minimum absolute atomic E-state index is 1.23. The second-order valence-corrected chi connectivity index (χ2v) is 11.2. The summed E-state index contributed by atoms with van der Waals surface area (Å²) in [6.45, 7) is 0. The molecule has 0 fully saturated rings. The van der Waals surface area contributed by atoms with Crippen molar-refractivity contribution in [2.45, 2.75) is 0 Å². The van der Waals surface area contributed by atoms with Gasteiger partial charge in [-0.2, -0.15) is 0 Å². The molecule has 0 aliphatic rings. The van der Waals surface area contributed by atoms with Gasteiger partial charge in [0.05, 0.1) is 0 Å². The van der Waals surface area contributed by atoms with Gasteiger partial charge in [0, 0.05) is 0 Å². The Hall–Kier alpha value is -5.46. The Morgan fingerprint density at radius 1 is 0.262 bits per heavy atom. The van der Waals surface area contributed by atoms with E-state index < -0.39 is 0 Å². The van der Waals surface area contributed by atoms with E-state index in [0.717, 1.165) is 0 Å². The fourth-order valence-electron chi connectivity index (χ4n) is 7.25. The molecule has 0 saturated carbocycles. The average Bonchev–Trinajstić information content (AvgIpc) is 3.06. The molecule has 0 spiro atoms. The van der Waals surface area contributed by atoms with Crippen LogP contribution in [-0.4, -0.2) is 0 Å². The molecule has 0 radical (unpaired) electrons. The van der Waals surface area contributed by atoms with Crippen molar-refractivity contribution in [2.24, 2.45) is 0 Å². The molecule has 0 aromatic heterocycles. The molecule has 9 aromatic rings. The standard InChI is InChI=1S/C42H26/c1-2-12-27(13-3-1)31-17-4-5-18-32(31)41-33-19-6-8-21-35(33)42(36-22-9-7-20-34(36)41)38-26-30-16-10-14-28-24-25-29-15-11-23-37(38)40(29)39(28)30/h1-26H. The summed E-state index contributed by atoms with van der Waals surface area (Å²) in [5, 5.41) is 13.0. The van der Waals surface area contributed by atoms with Crippen LogP contribution in [0.2, 0.25) is 0 Å². The highest BCUT2D eigenvalue weighted by Crippen LogP contribution is 2.49. The van der Waals surface area contributed by atoms with Gasteiger partial charge >= 0.3 is 0 Å². The van der Waals surface area contributed by atoms with Gasteiger partial charge in [0.1, 0.15) is 0 Å². The Labute approximate surface area is 244 Å². The molecule has 42 heavy (non-hydrogen) atoms. The van der Waals surface area contributed by atoms with E-state index in [2.05, 4.69) is 158 Å². The van der Waals surface area contributed by atoms with E-state index in [1.165, 1.54) is 87.2 Å². The van der Waals surface area contributed by atoms with Crippen LogP contribution in [0.1, 0.15) is 0 Å². The molecular formula is C42H26. The highest BCUT2D eigenvalue weighted by molar-refractivity contribution is 6.30. The molecule has 9 rings (SSSR count). The van der Waals surface area contributed by atoms with Gasteiger partial charge in [-0.3, -0.25) is 0 Å². The lowest BCUT2D eigenvalue weighted by Crippen LogP contribution is -1.94. The number of hydrogen-bond acceptors (Lipinski definition) is 0. The molecule has 9 aromatic carbocycles. The Bertz CT molecular complexity index is 2390. The molecule has 0 atom stereocenters. The van der Waals surface area contributed by atoms with Crippen molar-refractivity contribution < 1.29 is 0 Å². The van der Waals surface area contributed by atoms with Crippen molar-refractivity contribution in [1.29, 1.82) is 0 Å². The van der Waals surface area contributed by atoms with E-state index in [-0.39, 0.29) is 0 Å². The van der Waals surface area contributed by atoms with Crippen molar-refractivity contribution >= 4 is 53.9 Å². The zero-order valence-corrected chi connectivity index (χ0v) is 23.0. The first kappa shape index (κ1) is 23.3. The van der Waals surface area contributed by atoms with Crippen molar-refractivity contribution in [3.05, 3.63) is 158 Å². The Balaban J connectivity index is 1.47. The maximum absolute atomic E-state index is 2.43. The van der Waals surface area contributed by atoms with Gasteiger partial charge in [0.25, 0.3) is 0 Å². The second kappa shape index (κ2) is 9.03. The Morgan fingerprint density at radius 2 is 0.738 bits per heavy atom. The van der Waals surface area contributed by atoms with Crippen LogP contribution in [0.4, 0.5) is 0 Å². The monoisotopic (exact) mass is 530 g/mol. The summed E-state index contributed by atoms with van der Waals surface area (Å²) in [6.07, 6.45) is 0. The number of rotatable bonds is 3. The topological polar surface area (TPSA) is 0 Å². The van der Waals surface area contributed by atoms with Gasteiger partial charge in [-0.1, -0.05) is 152 Å². The van der Waals surface area contributed by atoms with E-state index in [1.54, 1.807) is 0 Å². The van der Waals surface area contributed by atoms with Crippen molar-refractivity contribution in [2.75, 3.05) is 0 Å². The van der Waals surface area contributed by atoms with E-state index in [1.807, 2.05) is 0 Å². The fraction of sp³-hybridized carbons (Fsp3) is 0. The molecule has 0 heterocycles. The van der Waals surface area contributed by atoms with Crippen LogP contribution in [0.3, 0.4) is 0 Å². The maximum atomic E-state index is 2.43. The van der Waals surface area contributed by atoms with E-state index in [4.69, 9.17) is 0 Å². The summed E-state index contributed by atoms with van der Waals surface area (Å²) in [7, 11) is 0. The third-order valence-electron chi connectivity index (χ3n) is 8.99. The number of hydrogen-bond donors (Lipinski definition) is 0. The largest absolute Gasteiger partial charge is 0.0622 e. The molecule has 194 valence electrons. The highest BCUT2D eigenvalue weighted by Gasteiger charge is 2.21. The van der Waals surface area contributed by atoms with E-state index >= 15 is 0 Å². The third kappa shape index (κ3) is 3.30. The second-order valence-electron chi connectivity index (χ2n) is 11.2. The van der Waals surface area contributed by atoms with Gasteiger partial charge in [-0.15, -0.1) is 0 Å². The summed E-state index contributed by atoms with van der Waals surface area (Å²) in [4.78, 5) is 0. The molecule has 0 saturated heterocycles. The summed E-state index contributed by atoms with van der Waals surface area (Å²) in [5.74, 6) is 0. The zero-order valence-electron chi connectivity index (χ0n) is 23.0. The first-order valence-electron chi connectivity index (χ1n) is 14.6. The predicted molar refractivity (Wildman–Crippen MR) is 181 cm³/mol. The lowest BCUT2D eigenvalue weighted by atomic mass is 9.82. The first-order chi connectivity index (χ1) is 20.9. The van der Waals surface area contributed by atoms with Crippen LogP contribution in [-0.2, 0) is 0 Å². The van der Waals surface area contributed by atoms with Gasteiger partial charge in [-0.25, -0.2) is 0 Å². The summed E-state index contributed by atoms with van der Waals surface area (Å²) >= 11 is 0. The van der Waals surface area contributed by atoms with E-state index in [9.17, 15) is 0 Å². The molecule has 0 aliphatic carbocycles. The average molecular weight is 531 g/mol. The Morgan fingerprint density at radius 3 is 1.40 bits per heavy atom. The molecule has 0 bridgehead atoms. The molecule has 0 heteroatoms. The highest BCUT2D eigenvalue weighted by atomic mass is 14.2. The normalized spacial score (nSPS) is 11.8. The summed E-state index contributed by atoms with van der Waals surface area (Å²) in [6, 6.07) is 58.0. The SMILES string of the molecule is c1ccc(-c2ccccc2-c2c3ccccc3c(-c3cc4cccc5ccc6cccc3c6c54)c3ccccc23)cc1. The van der Waals surface area contributed by atoms with Gasteiger partial charge in [0.15, 0.2) is 0 Å². The van der Waals surface area contributed by atoms with Crippen molar-refractivity contribution in [3.8, 4) is 33.4 Å². The van der Waals surface area contributed by atoms with Crippen LogP contribution in [0.25, 0.3) is 87.2 Å². The van der Waals surface area contributed by atoms with Crippen LogP contribution in [0.15, 0.2) is 158 Å². The van der Waals surface area contributed by atoms with Crippen molar-refractivity contribution in [3.63, 3.8) is 0 Å². The zero-order chi connectivity index (χ0) is 27.6. The third-order valence-corrected chi connectivity index (χ3v) is 8.99. The molecular weight excluding hydrogens is 504 g/mol.